The molecule has 0 aromatic heterocycles. The van der Waals surface area contributed by atoms with Gasteiger partial charge in [0.05, 0.1) is 6.54 Å². The van der Waals surface area contributed by atoms with Crippen LogP contribution in [0.4, 0.5) is 20.2 Å². The predicted molar refractivity (Wildman–Crippen MR) is 62.5 cm³/mol. The number of benzene rings is 1. The molecule has 0 bridgehead atoms. The van der Waals surface area contributed by atoms with Gasteiger partial charge < -0.3 is 16.4 Å². The zero-order valence-corrected chi connectivity index (χ0v) is 9.68. The first kappa shape index (κ1) is 13.2. The van der Waals surface area contributed by atoms with Gasteiger partial charge in [0.1, 0.15) is 5.69 Å². The second kappa shape index (κ2) is 5.47. The molecule has 1 amide bonds. The van der Waals surface area contributed by atoms with E-state index in [1.807, 2.05) is 0 Å². The molecule has 0 aliphatic rings. The van der Waals surface area contributed by atoms with E-state index in [2.05, 4.69) is 10.6 Å². The Morgan fingerprint density at radius 3 is 2.35 bits per heavy atom. The Balaban J connectivity index is 2.67. The number of carbonyl (C=O) groups excluding carboxylic acids is 1. The fourth-order valence-electron chi connectivity index (χ4n) is 1.30. The smallest absolute Gasteiger partial charge is 0.239 e. The fraction of sp³-hybridized carbons (Fsp3) is 0.364. The number of anilines is 2. The maximum Gasteiger partial charge on any atom is 0.239 e. The molecule has 0 fully saturated rings. The van der Waals surface area contributed by atoms with E-state index < -0.39 is 11.6 Å². The molecule has 0 spiro atoms. The molecular formula is C11H15F2N3O. The number of hydrogen-bond donors (Lipinski definition) is 3. The summed E-state index contributed by atoms with van der Waals surface area (Å²) >= 11 is 0. The molecule has 0 saturated carbocycles. The van der Waals surface area contributed by atoms with Gasteiger partial charge in [-0.25, -0.2) is 8.78 Å². The highest BCUT2D eigenvalue weighted by Gasteiger charge is 2.11. The Bertz CT molecular complexity index is 398. The Kier molecular flexibility index (Phi) is 4.25. The monoisotopic (exact) mass is 243 g/mol. The highest BCUT2D eigenvalue weighted by Crippen LogP contribution is 2.21. The van der Waals surface area contributed by atoms with Crippen LogP contribution < -0.4 is 16.4 Å². The average molecular weight is 243 g/mol. The summed E-state index contributed by atoms with van der Waals surface area (Å²) < 4.78 is 26.6. The molecule has 0 aliphatic heterocycles. The van der Waals surface area contributed by atoms with Crippen LogP contribution in [0.15, 0.2) is 12.1 Å². The van der Waals surface area contributed by atoms with E-state index in [1.54, 1.807) is 13.8 Å². The third-order valence-corrected chi connectivity index (χ3v) is 1.94. The van der Waals surface area contributed by atoms with Crippen LogP contribution >= 0.6 is 0 Å². The molecule has 4 N–H and O–H groups in total. The Morgan fingerprint density at radius 2 is 1.88 bits per heavy atom. The number of amides is 1. The lowest BCUT2D eigenvalue weighted by Crippen LogP contribution is -2.35. The molecule has 1 rings (SSSR count). The number of nitrogens with two attached hydrogens (primary N) is 1. The average Bonchev–Trinajstić information content (AvgIpc) is 2.14. The first-order chi connectivity index (χ1) is 7.90. The van der Waals surface area contributed by atoms with E-state index in [9.17, 15) is 13.6 Å². The Labute approximate surface area is 98.2 Å². The zero-order valence-electron chi connectivity index (χ0n) is 9.68. The number of nitrogens with one attached hydrogen (secondary N) is 2. The first-order valence-electron chi connectivity index (χ1n) is 5.18. The van der Waals surface area contributed by atoms with Gasteiger partial charge in [0, 0.05) is 11.7 Å². The van der Waals surface area contributed by atoms with Crippen molar-refractivity contribution >= 4 is 17.3 Å². The van der Waals surface area contributed by atoms with Crippen molar-refractivity contribution < 1.29 is 13.6 Å². The predicted octanol–water partition coefficient (Wildman–Crippen LogP) is 1.48. The fourth-order valence-corrected chi connectivity index (χ4v) is 1.30. The number of nitrogen functional groups attached to an aromatic ring is 1. The molecule has 17 heavy (non-hydrogen) atoms. The molecule has 0 saturated heterocycles. The standard InChI is InChI=1S/C11H15F2N3O/c1-6(2)16-10(17)5-15-11-8(12)3-7(14)4-9(11)13/h3-4,6,15H,5,14H2,1-2H3,(H,16,17). The van der Waals surface area contributed by atoms with E-state index in [0.717, 1.165) is 12.1 Å². The normalized spacial score (nSPS) is 10.4. The Morgan fingerprint density at radius 1 is 1.35 bits per heavy atom. The van der Waals surface area contributed by atoms with Gasteiger partial charge in [-0.05, 0) is 26.0 Å². The van der Waals surface area contributed by atoms with Crippen LogP contribution in [0.3, 0.4) is 0 Å². The molecule has 0 radical (unpaired) electrons. The molecule has 0 aliphatic carbocycles. The molecule has 0 heterocycles. The van der Waals surface area contributed by atoms with Gasteiger partial charge in [0.25, 0.3) is 0 Å². The molecule has 6 heteroatoms. The van der Waals surface area contributed by atoms with Crippen LogP contribution in [0.5, 0.6) is 0 Å². The van der Waals surface area contributed by atoms with E-state index in [-0.39, 0.29) is 29.9 Å². The SMILES string of the molecule is CC(C)NC(=O)CNc1c(F)cc(N)cc1F. The van der Waals surface area contributed by atoms with E-state index >= 15 is 0 Å². The van der Waals surface area contributed by atoms with Crippen molar-refractivity contribution in [2.24, 2.45) is 0 Å². The van der Waals surface area contributed by atoms with Crippen LogP contribution in [-0.4, -0.2) is 18.5 Å². The van der Waals surface area contributed by atoms with Crippen LogP contribution in [0.2, 0.25) is 0 Å². The van der Waals surface area contributed by atoms with Gasteiger partial charge in [0.2, 0.25) is 5.91 Å². The summed E-state index contributed by atoms with van der Waals surface area (Å²) in [5.41, 5.74) is 4.91. The van der Waals surface area contributed by atoms with Gasteiger partial charge in [0.15, 0.2) is 11.6 Å². The van der Waals surface area contributed by atoms with Crippen molar-refractivity contribution in [1.82, 2.24) is 5.32 Å². The van der Waals surface area contributed by atoms with Crippen molar-refractivity contribution in [3.05, 3.63) is 23.8 Å². The quantitative estimate of drug-likeness (QED) is 0.702. The summed E-state index contributed by atoms with van der Waals surface area (Å²) in [5.74, 6) is -1.98. The van der Waals surface area contributed by atoms with Gasteiger partial charge in [-0.15, -0.1) is 0 Å². The van der Waals surface area contributed by atoms with Crippen molar-refractivity contribution in [3.8, 4) is 0 Å². The second-order valence-electron chi connectivity index (χ2n) is 3.94. The summed E-state index contributed by atoms with van der Waals surface area (Å²) in [7, 11) is 0. The van der Waals surface area contributed by atoms with Crippen molar-refractivity contribution in [3.63, 3.8) is 0 Å². The van der Waals surface area contributed by atoms with Gasteiger partial charge in [-0.2, -0.15) is 0 Å². The van der Waals surface area contributed by atoms with E-state index in [1.165, 1.54) is 0 Å². The summed E-state index contributed by atoms with van der Waals surface area (Å²) in [4.78, 5) is 11.3. The zero-order chi connectivity index (χ0) is 13.0. The highest BCUT2D eigenvalue weighted by atomic mass is 19.1. The highest BCUT2D eigenvalue weighted by molar-refractivity contribution is 5.81. The third kappa shape index (κ3) is 3.90. The topological polar surface area (TPSA) is 67.2 Å². The first-order valence-corrected chi connectivity index (χ1v) is 5.18. The second-order valence-corrected chi connectivity index (χ2v) is 3.94. The van der Waals surface area contributed by atoms with Gasteiger partial charge >= 0.3 is 0 Å². The minimum Gasteiger partial charge on any atom is -0.399 e. The van der Waals surface area contributed by atoms with E-state index in [4.69, 9.17) is 5.73 Å². The molecule has 94 valence electrons. The lowest BCUT2D eigenvalue weighted by atomic mass is 10.2. The van der Waals surface area contributed by atoms with Gasteiger partial charge in [-0.1, -0.05) is 0 Å². The maximum atomic E-state index is 13.3. The maximum absolute atomic E-state index is 13.3. The van der Waals surface area contributed by atoms with Crippen LogP contribution in [-0.2, 0) is 4.79 Å². The molecule has 1 aromatic carbocycles. The Hall–Kier alpha value is -1.85. The summed E-state index contributed by atoms with van der Waals surface area (Å²) in [6.45, 7) is 3.39. The van der Waals surface area contributed by atoms with Crippen molar-refractivity contribution in [2.45, 2.75) is 19.9 Å². The summed E-state index contributed by atoms with van der Waals surface area (Å²) in [5, 5.41) is 4.99. The number of rotatable bonds is 4. The summed E-state index contributed by atoms with van der Waals surface area (Å²) in [6.07, 6.45) is 0. The van der Waals surface area contributed by atoms with E-state index in [0.29, 0.717) is 0 Å². The van der Waals surface area contributed by atoms with Crippen LogP contribution in [0.25, 0.3) is 0 Å². The largest absolute Gasteiger partial charge is 0.399 e. The van der Waals surface area contributed by atoms with Crippen LogP contribution in [0, 0.1) is 11.6 Å². The molecular weight excluding hydrogens is 228 g/mol. The van der Waals surface area contributed by atoms with Crippen molar-refractivity contribution in [1.29, 1.82) is 0 Å². The molecule has 4 nitrogen and oxygen atoms in total. The van der Waals surface area contributed by atoms with Gasteiger partial charge in [-0.3, -0.25) is 4.79 Å². The molecule has 0 atom stereocenters. The lowest BCUT2D eigenvalue weighted by Gasteiger charge is -2.11. The number of halogens is 2. The molecule has 1 aromatic rings. The minimum atomic E-state index is -0.820. The number of hydrogen-bond acceptors (Lipinski definition) is 3. The number of carbonyl (C=O) groups is 1. The lowest BCUT2D eigenvalue weighted by molar-refractivity contribution is -0.119. The minimum absolute atomic E-state index is 0.00261. The van der Waals surface area contributed by atoms with Crippen LogP contribution in [0.1, 0.15) is 13.8 Å². The molecule has 0 unspecified atom stereocenters. The third-order valence-electron chi connectivity index (χ3n) is 1.94. The summed E-state index contributed by atoms with van der Waals surface area (Å²) in [6, 6.07) is 1.96. The van der Waals surface area contributed by atoms with Crippen molar-refractivity contribution in [2.75, 3.05) is 17.6 Å².